The molecule has 0 saturated carbocycles. The lowest BCUT2D eigenvalue weighted by molar-refractivity contribution is -0.184. The zero-order valence-corrected chi connectivity index (χ0v) is 14.0. The first kappa shape index (κ1) is 21.1. The fourth-order valence-electron chi connectivity index (χ4n) is 1.89. The van der Waals surface area contributed by atoms with Gasteiger partial charge < -0.3 is 24.1 Å². The molecule has 6 heteroatoms. The number of ether oxygens (including phenoxy) is 4. The highest BCUT2D eigenvalue weighted by atomic mass is 32.1. The molecule has 0 saturated heterocycles. The summed E-state index contributed by atoms with van der Waals surface area (Å²) < 4.78 is 19.8. The van der Waals surface area contributed by atoms with Gasteiger partial charge >= 0.3 is 0 Å². The van der Waals surface area contributed by atoms with Gasteiger partial charge in [-0.05, 0) is 18.6 Å². The van der Waals surface area contributed by atoms with Crippen molar-refractivity contribution in [3.05, 3.63) is 0 Å². The summed E-state index contributed by atoms with van der Waals surface area (Å²) in [5, 5.41) is 8.32. The van der Waals surface area contributed by atoms with Gasteiger partial charge in [0.25, 0.3) is 0 Å². The average molecular weight is 324 g/mol. The predicted molar refractivity (Wildman–Crippen MR) is 86.3 cm³/mol. The van der Waals surface area contributed by atoms with E-state index in [1.165, 1.54) is 51.4 Å². The number of unbranched alkanes of at least 4 members (excludes halogenated alkanes) is 8. The number of rotatable bonds is 18. The van der Waals surface area contributed by atoms with Crippen molar-refractivity contribution in [3.63, 3.8) is 0 Å². The Morgan fingerprint density at radius 1 is 0.571 bits per heavy atom. The third-order valence-electron chi connectivity index (χ3n) is 3.04. The number of aliphatic hydroxyl groups excluding tert-OH is 1. The molecule has 0 heterocycles. The molecule has 0 radical (unpaired) electrons. The van der Waals surface area contributed by atoms with E-state index in [1.54, 1.807) is 0 Å². The molecule has 0 aliphatic rings. The molecule has 0 spiro atoms. The van der Waals surface area contributed by atoms with Crippen molar-refractivity contribution in [1.82, 2.24) is 0 Å². The van der Waals surface area contributed by atoms with Gasteiger partial charge in [-0.25, -0.2) is 0 Å². The molecule has 0 atom stereocenters. The van der Waals surface area contributed by atoms with Crippen molar-refractivity contribution in [1.29, 1.82) is 0 Å². The summed E-state index contributed by atoms with van der Waals surface area (Å²) in [5.74, 6) is 1.02. The van der Waals surface area contributed by atoms with Gasteiger partial charge in [-0.2, -0.15) is 12.6 Å². The van der Waals surface area contributed by atoms with Gasteiger partial charge in [-0.15, -0.1) is 0 Å². The first-order valence-corrected chi connectivity index (χ1v) is 8.57. The topological polar surface area (TPSA) is 57.2 Å². The molecule has 0 aromatic carbocycles. The summed E-state index contributed by atoms with van der Waals surface area (Å²) in [7, 11) is 0. The van der Waals surface area contributed by atoms with E-state index in [4.69, 9.17) is 19.3 Å². The van der Waals surface area contributed by atoms with E-state index in [0.717, 1.165) is 18.8 Å². The summed E-state index contributed by atoms with van der Waals surface area (Å²) in [5.41, 5.74) is 0. The molecule has 1 N–H and O–H groups in total. The van der Waals surface area contributed by atoms with Crippen molar-refractivity contribution < 1.29 is 24.1 Å². The van der Waals surface area contributed by atoms with Crippen LogP contribution in [-0.2, 0) is 18.9 Å². The van der Waals surface area contributed by atoms with Crippen molar-refractivity contribution in [2.24, 2.45) is 0 Å². The largest absolute Gasteiger partial charge is 0.371 e. The zero-order valence-electron chi connectivity index (χ0n) is 13.1. The first-order valence-electron chi connectivity index (χ1n) is 7.94. The highest BCUT2D eigenvalue weighted by Gasteiger charge is 1.94. The number of hydrogen-bond acceptors (Lipinski definition) is 6. The summed E-state index contributed by atoms with van der Waals surface area (Å²) >= 11 is 4.21. The van der Waals surface area contributed by atoms with Crippen LogP contribution in [0, 0.1) is 0 Å². The minimum Gasteiger partial charge on any atom is -0.371 e. The third-order valence-corrected chi connectivity index (χ3v) is 3.35. The molecule has 0 fully saturated rings. The first-order chi connectivity index (χ1) is 10.4. The summed E-state index contributed by atoms with van der Waals surface area (Å²) in [6.45, 7) is 0.782. The second-order valence-corrected chi connectivity index (χ2v) is 5.36. The average Bonchev–Trinajstić information content (AvgIpc) is 2.50. The quantitative estimate of drug-likeness (QED) is 0.230. The molecule has 0 amide bonds. The number of thiol groups is 1. The molecular weight excluding hydrogens is 292 g/mol. The van der Waals surface area contributed by atoms with E-state index in [2.05, 4.69) is 17.4 Å². The van der Waals surface area contributed by atoms with E-state index >= 15 is 0 Å². The van der Waals surface area contributed by atoms with Crippen LogP contribution in [-0.4, -0.2) is 44.6 Å². The standard InChI is InChI=1S/C15H32O5S/c16-12-18-14-20-15-19-13-17-10-8-6-4-2-1-3-5-7-9-11-21/h16,21H,1-15H2. The molecular formula is C15H32O5S. The lowest BCUT2D eigenvalue weighted by atomic mass is 10.1. The Labute approximate surface area is 134 Å². The van der Waals surface area contributed by atoms with Gasteiger partial charge in [0, 0.05) is 6.61 Å². The van der Waals surface area contributed by atoms with Crippen LogP contribution in [0.5, 0.6) is 0 Å². The predicted octanol–water partition coefficient (Wildman–Crippen LogP) is 3.32. The van der Waals surface area contributed by atoms with E-state index in [-0.39, 0.29) is 27.2 Å². The minimum absolute atomic E-state index is 0.0329. The van der Waals surface area contributed by atoms with Crippen molar-refractivity contribution >= 4 is 12.6 Å². The summed E-state index contributed by atoms with van der Waals surface area (Å²) in [4.78, 5) is 0. The van der Waals surface area contributed by atoms with E-state index in [9.17, 15) is 0 Å². The molecule has 5 nitrogen and oxygen atoms in total. The van der Waals surface area contributed by atoms with Crippen molar-refractivity contribution in [3.8, 4) is 0 Å². The maximum Gasteiger partial charge on any atom is 0.152 e. The highest BCUT2D eigenvalue weighted by Crippen LogP contribution is 2.09. The lowest BCUT2D eigenvalue weighted by Gasteiger charge is -2.06. The monoisotopic (exact) mass is 324 g/mol. The number of aliphatic hydroxyl groups is 1. The van der Waals surface area contributed by atoms with Crippen LogP contribution in [0.15, 0.2) is 0 Å². The van der Waals surface area contributed by atoms with Gasteiger partial charge in [-0.1, -0.05) is 44.9 Å². The van der Waals surface area contributed by atoms with Crippen LogP contribution in [0.2, 0.25) is 0 Å². The van der Waals surface area contributed by atoms with Gasteiger partial charge in [0.15, 0.2) is 13.6 Å². The Morgan fingerprint density at radius 2 is 1.05 bits per heavy atom. The second-order valence-electron chi connectivity index (χ2n) is 4.91. The van der Waals surface area contributed by atoms with Gasteiger partial charge in [0.05, 0.1) is 0 Å². The van der Waals surface area contributed by atoms with E-state index in [1.807, 2.05) is 0 Å². The fourth-order valence-corrected chi connectivity index (χ4v) is 2.12. The lowest BCUT2D eigenvalue weighted by Crippen LogP contribution is -2.08. The van der Waals surface area contributed by atoms with Crippen molar-refractivity contribution in [2.75, 3.05) is 39.5 Å². The van der Waals surface area contributed by atoms with Crippen LogP contribution in [0.1, 0.15) is 57.8 Å². The number of hydrogen-bond donors (Lipinski definition) is 2. The molecule has 0 aliphatic heterocycles. The molecule has 0 rings (SSSR count). The molecule has 0 bridgehead atoms. The van der Waals surface area contributed by atoms with Crippen LogP contribution in [0.25, 0.3) is 0 Å². The Bertz CT molecular complexity index is 165. The highest BCUT2D eigenvalue weighted by molar-refractivity contribution is 7.80. The Hall–Kier alpha value is 0.150. The molecule has 0 aliphatic carbocycles. The minimum atomic E-state index is -0.341. The molecule has 0 aromatic rings. The smallest absolute Gasteiger partial charge is 0.152 e. The van der Waals surface area contributed by atoms with Crippen LogP contribution in [0.4, 0.5) is 0 Å². The van der Waals surface area contributed by atoms with E-state index < -0.39 is 0 Å². The summed E-state index contributed by atoms with van der Waals surface area (Å²) in [6, 6.07) is 0. The Balaban J connectivity index is 2.90. The van der Waals surface area contributed by atoms with Gasteiger partial charge in [0.2, 0.25) is 0 Å². The van der Waals surface area contributed by atoms with Crippen LogP contribution in [0.3, 0.4) is 0 Å². The third kappa shape index (κ3) is 20.1. The summed E-state index contributed by atoms with van der Waals surface area (Å²) in [6.07, 6.45) is 11.6. The fraction of sp³-hybridized carbons (Fsp3) is 1.00. The van der Waals surface area contributed by atoms with Crippen molar-refractivity contribution in [2.45, 2.75) is 57.8 Å². The maximum atomic E-state index is 8.32. The van der Waals surface area contributed by atoms with E-state index in [0.29, 0.717) is 0 Å². The normalized spacial score (nSPS) is 11.1. The van der Waals surface area contributed by atoms with Gasteiger partial charge in [0.1, 0.15) is 13.6 Å². The molecule has 128 valence electrons. The van der Waals surface area contributed by atoms with Crippen LogP contribution >= 0.6 is 12.6 Å². The molecule has 0 aromatic heterocycles. The molecule has 21 heavy (non-hydrogen) atoms. The Morgan fingerprint density at radius 3 is 1.62 bits per heavy atom. The molecule has 0 unspecified atom stereocenters. The van der Waals surface area contributed by atoms with Crippen LogP contribution < -0.4 is 0 Å². The van der Waals surface area contributed by atoms with Gasteiger partial charge in [-0.3, -0.25) is 0 Å². The maximum absolute atomic E-state index is 8.32. The second kappa shape index (κ2) is 20.1. The SMILES string of the molecule is OCOCOCOCOCCCCCCCCCCCS. The zero-order chi connectivity index (χ0) is 15.4. The Kier molecular flexibility index (Phi) is 20.3.